The van der Waals surface area contributed by atoms with Crippen molar-refractivity contribution in [3.8, 4) is 0 Å². The molecule has 0 bridgehead atoms. The second-order valence-electron chi connectivity index (χ2n) is 3.83. The first kappa shape index (κ1) is 14.2. The molecule has 0 aliphatic rings. The lowest BCUT2D eigenvalue weighted by Crippen LogP contribution is -2.30. The lowest BCUT2D eigenvalue weighted by atomic mass is 10.3. The van der Waals surface area contributed by atoms with Crippen molar-refractivity contribution in [1.29, 1.82) is 0 Å². The fraction of sp³-hybridized carbons (Fsp3) is 0.154. The maximum absolute atomic E-state index is 11.7. The van der Waals surface area contributed by atoms with Gasteiger partial charge >= 0.3 is 6.03 Å². The summed E-state index contributed by atoms with van der Waals surface area (Å²) in [5.41, 5.74) is 0.541. The predicted molar refractivity (Wildman–Crippen MR) is 81.5 cm³/mol. The number of carbonyl (C=O) groups is 1. The Balaban J connectivity index is 1.80. The van der Waals surface area contributed by atoms with Crippen LogP contribution in [0.2, 0.25) is 10.0 Å². The molecule has 2 amide bonds. The monoisotopic (exact) mass is 314 g/mol. The van der Waals surface area contributed by atoms with Gasteiger partial charge in [-0.15, -0.1) is 11.3 Å². The number of benzene rings is 1. The average molecular weight is 315 g/mol. The number of anilines is 1. The van der Waals surface area contributed by atoms with E-state index in [1.807, 2.05) is 17.5 Å². The normalized spacial score (nSPS) is 10.2. The fourth-order valence-corrected chi connectivity index (χ4v) is 2.68. The summed E-state index contributed by atoms with van der Waals surface area (Å²) >= 11 is 13.4. The molecule has 2 N–H and O–H groups in total. The molecule has 0 aliphatic heterocycles. The first-order valence-corrected chi connectivity index (χ1v) is 7.31. The maximum atomic E-state index is 11.7. The summed E-state index contributed by atoms with van der Waals surface area (Å²) in [4.78, 5) is 12.9. The largest absolute Gasteiger partial charge is 0.338 e. The van der Waals surface area contributed by atoms with Crippen LogP contribution < -0.4 is 10.6 Å². The lowest BCUT2D eigenvalue weighted by molar-refractivity contribution is 0.252. The minimum Gasteiger partial charge on any atom is -0.338 e. The third kappa shape index (κ3) is 4.42. The average Bonchev–Trinajstić information content (AvgIpc) is 2.86. The van der Waals surface area contributed by atoms with Crippen molar-refractivity contribution < 1.29 is 4.79 Å². The second-order valence-corrected chi connectivity index (χ2v) is 5.71. The number of halogens is 2. The molecular weight excluding hydrogens is 303 g/mol. The molecule has 0 spiro atoms. The summed E-state index contributed by atoms with van der Waals surface area (Å²) in [5, 5.41) is 8.43. The van der Waals surface area contributed by atoms with Gasteiger partial charge in [0.15, 0.2) is 0 Å². The number of amides is 2. The van der Waals surface area contributed by atoms with E-state index < -0.39 is 0 Å². The van der Waals surface area contributed by atoms with Crippen LogP contribution in [-0.2, 0) is 6.42 Å². The van der Waals surface area contributed by atoms with Crippen molar-refractivity contribution in [2.45, 2.75) is 6.42 Å². The Bertz CT molecular complexity index is 558. The Morgan fingerprint density at radius 2 is 2.11 bits per heavy atom. The van der Waals surface area contributed by atoms with Crippen molar-refractivity contribution in [3.63, 3.8) is 0 Å². The summed E-state index contributed by atoms with van der Waals surface area (Å²) in [6.45, 7) is 0.581. The highest BCUT2D eigenvalue weighted by Gasteiger charge is 2.05. The summed E-state index contributed by atoms with van der Waals surface area (Å²) < 4.78 is 0. The molecule has 3 nitrogen and oxygen atoms in total. The maximum Gasteiger partial charge on any atom is 0.319 e. The zero-order valence-corrected chi connectivity index (χ0v) is 12.3. The van der Waals surface area contributed by atoms with Crippen LogP contribution in [-0.4, -0.2) is 12.6 Å². The first-order chi connectivity index (χ1) is 9.15. The minimum absolute atomic E-state index is 0.277. The number of rotatable bonds is 4. The van der Waals surface area contributed by atoms with Crippen molar-refractivity contribution in [3.05, 3.63) is 50.6 Å². The van der Waals surface area contributed by atoms with Gasteiger partial charge in [0.2, 0.25) is 0 Å². The molecule has 19 heavy (non-hydrogen) atoms. The van der Waals surface area contributed by atoms with Crippen LogP contribution >= 0.6 is 34.5 Å². The van der Waals surface area contributed by atoms with E-state index >= 15 is 0 Å². The van der Waals surface area contributed by atoms with Gasteiger partial charge in [0.1, 0.15) is 0 Å². The molecule has 0 fully saturated rings. The molecule has 1 aromatic heterocycles. The van der Waals surface area contributed by atoms with Crippen molar-refractivity contribution in [2.75, 3.05) is 11.9 Å². The Kier molecular flexibility index (Phi) is 5.07. The van der Waals surface area contributed by atoms with Crippen molar-refractivity contribution in [1.82, 2.24) is 5.32 Å². The number of nitrogens with one attached hydrogen (secondary N) is 2. The minimum atomic E-state index is -0.277. The first-order valence-electron chi connectivity index (χ1n) is 5.67. The number of carbonyl (C=O) groups excluding carboxylic acids is 1. The Morgan fingerprint density at radius 1 is 1.26 bits per heavy atom. The van der Waals surface area contributed by atoms with Gasteiger partial charge in [0.05, 0.1) is 10.7 Å². The van der Waals surface area contributed by atoms with Gasteiger partial charge in [0, 0.05) is 16.4 Å². The quantitative estimate of drug-likeness (QED) is 0.861. The van der Waals surface area contributed by atoms with E-state index in [4.69, 9.17) is 23.2 Å². The molecule has 1 aromatic carbocycles. The highest BCUT2D eigenvalue weighted by Crippen LogP contribution is 2.25. The lowest BCUT2D eigenvalue weighted by Gasteiger charge is -2.08. The third-order valence-corrected chi connectivity index (χ3v) is 3.90. The van der Waals surface area contributed by atoms with Crippen LogP contribution in [0.3, 0.4) is 0 Å². The predicted octanol–water partition coefficient (Wildman–Crippen LogP) is 4.42. The molecule has 0 saturated carbocycles. The standard InChI is InChI=1S/C13H12Cl2N2OS/c14-9-3-4-12(11(15)8-9)17-13(18)16-6-5-10-2-1-7-19-10/h1-4,7-8H,5-6H2,(H2,16,17,18). The van der Waals surface area contributed by atoms with Crippen molar-refractivity contribution in [2.24, 2.45) is 0 Å². The molecule has 1 heterocycles. The summed E-state index contributed by atoms with van der Waals surface area (Å²) in [6, 6.07) is 8.69. The molecule has 0 saturated heterocycles. The van der Waals surface area contributed by atoms with E-state index in [1.54, 1.807) is 29.5 Å². The zero-order chi connectivity index (χ0) is 13.7. The van der Waals surface area contributed by atoms with Crippen LogP contribution in [0.5, 0.6) is 0 Å². The smallest absolute Gasteiger partial charge is 0.319 e. The Morgan fingerprint density at radius 3 is 2.79 bits per heavy atom. The summed E-state index contributed by atoms with van der Waals surface area (Å²) in [6.07, 6.45) is 0.819. The Labute approximate surface area is 125 Å². The van der Waals surface area contributed by atoms with Gasteiger partial charge in [-0.25, -0.2) is 4.79 Å². The molecule has 0 atom stereocenters. The highest BCUT2D eigenvalue weighted by molar-refractivity contribution is 7.09. The summed E-state index contributed by atoms with van der Waals surface area (Å²) in [5.74, 6) is 0. The number of hydrogen-bond acceptors (Lipinski definition) is 2. The number of urea groups is 1. The number of thiophene rings is 1. The van der Waals surface area contributed by atoms with E-state index in [1.165, 1.54) is 4.88 Å². The van der Waals surface area contributed by atoms with E-state index in [-0.39, 0.29) is 6.03 Å². The fourth-order valence-electron chi connectivity index (χ4n) is 1.51. The molecule has 6 heteroatoms. The molecule has 0 aliphatic carbocycles. The van der Waals surface area contributed by atoms with E-state index in [0.717, 1.165) is 6.42 Å². The van der Waals surface area contributed by atoms with Gasteiger partial charge in [-0.2, -0.15) is 0 Å². The number of hydrogen-bond donors (Lipinski definition) is 2. The molecule has 2 aromatic rings. The van der Waals surface area contributed by atoms with Crippen molar-refractivity contribution >= 4 is 46.3 Å². The molecule has 2 rings (SSSR count). The molecular formula is C13H12Cl2N2OS. The summed E-state index contributed by atoms with van der Waals surface area (Å²) in [7, 11) is 0. The van der Waals surface area contributed by atoms with E-state index in [2.05, 4.69) is 10.6 Å². The van der Waals surface area contributed by atoms with Gasteiger partial charge < -0.3 is 10.6 Å². The van der Waals surface area contributed by atoms with Gasteiger partial charge in [-0.3, -0.25) is 0 Å². The second kappa shape index (κ2) is 6.80. The molecule has 0 radical (unpaired) electrons. The van der Waals surface area contributed by atoms with Crippen LogP contribution in [0.1, 0.15) is 4.88 Å². The molecule has 100 valence electrons. The third-order valence-electron chi connectivity index (χ3n) is 2.42. The zero-order valence-electron chi connectivity index (χ0n) is 9.95. The van der Waals surface area contributed by atoms with Gasteiger partial charge in [-0.05, 0) is 36.1 Å². The van der Waals surface area contributed by atoms with Gasteiger partial charge in [-0.1, -0.05) is 29.3 Å². The van der Waals surface area contributed by atoms with Crippen LogP contribution in [0.15, 0.2) is 35.7 Å². The van der Waals surface area contributed by atoms with Crippen LogP contribution in [0.25, 0.3) is 0 Å². The van der Waals surface area contributed by atoms with E-state index in [0.29, 0.717) is 22.3 Å². The van der Waals surface area contributed by atoms with Crippen LogP contribution in [0.4, 0.5) is 10.5 Å². The highest BCUT2D eigenvalue weighted by atomic mass is 35.5. The van der Waals surface area contributed by atoms with Gasteiger partial charge in [0.25, 0.3) is 0 Å². The molecule has 0 unspecified atom stereocenters. The SMILES string of the molecule is O=C(NCCc1cccs1)Nc1ccc(Cl)cc1Cl. The Hall–Kier alpha value is -1.23. The van der Waals surface area contributed by atoms with E-state index in [9.17, 15) is 4.79 Å². The van der Waals surface area contributed by atoms with Crippen LogP contribution in [0, 0.1) is 0 Å². The topological polar surface area (TPSA) is 41.1 Å².